The molecule has 84 valence electrons. The molecule has 0 bridgehead atoms. The van der Waals surface area contributed by atoms with Gasteiger partial charge in [0, 0.05) is 5.69 Å². The minimum Gasteiger partial charge on any atom is -0.407 e. The van der Waals surface area contributed by atoms with Crippen molar-refractivity contribution in [2.45, 2.75) is 12.8 Å². The summed E-state index contributed by atoms with van der Waals surface area (Å²) in [6.45, 7) is 1.68. The molecule has 0 aliphatic rings. The maximum absolute atomic E-state index is 13.0. The van der Waals surface area contributed by atoms with E-state index in [1.807, 2.05) is 0 Å². The van der Waals surface area contributed by atoms with E-state index >= 15 is 0 Å². The molecule has 0 aliphatic heterocycles. The molecule has 0 aliphatic carbocycles. The van der Waals surface area contributed by atoms with Crippen LogP contribution in [0.25, 0.3) is 0 Å². The molecule has 0 radical (unpaired) electrons. The summed E-state index contributed by atoms with van der Waals surface area (Å²) in [4.78, 5) is 0. The van der Waals surface area contributed by atoms with Crippen LogP contribution in [0.4, 0.5) is 16.1 Å². The van der Waals surface area contributed by atoms with Crippen LogP contribution in [0, 0.1) is 12.7 Å². The van der Waals surface area contributed by atoms with Gasteiger partial charge in [-0.3, -0.25) is 0 Å². The number of alkyl halides is 1. The van der Waals surface area contributed by atoms with Crippen molar-refractivity contribution in [2.75, 3.05) is 5.32 Å². The third-order valence-electron chi connectivity index (χ3n) is 1.99. The molecule has 0 saturated carbocycles. The normalized spacial score (nSPS) is 10.4. The van der Waals surface area contributed by atoms with Crippen LogP contribution in [-0.2, 0) is 5.88 Å². The second kappa shape index (κ2) is 4.49. The lowest BCUT2D eigenvalue weighted by Gasteiger charge is -2.02. The zero-order chi connectivity index (χ0) is 11.5. The molecule has 2 rings (SSSR count). The maximum atomic E-state index is 13.0. The van der Waals surface area contributed by atoms with Gasteiger partial charge in [-0.1, -0.05) is 5.10 Å². The average molecular weight is 242 g/mol. The van der Waals surface area contributed by atoms with Gasteiger partial charge in [0.25, 0.3) is 0 Å². The molecule has 1 aromatic heterocycles. The van der Waals surface area contributed by atoms with Gasteiger partial charge < -0.3 is 9.73 Å². The van der Waals surface area contributed by atoms with Crippen LogP contribution >= 0.6 is 11.6 Å². The minimum atomic E-state index is -0.252. The molecule has 1 heterocycles. The highest BCUT2D eigenvalue weighted by Gasteiger charge is 2.05. The van der Waals surface area contributed by atoms with E-state index in [1.54, 1.807) is 19.1 Å². The van der Waals surface area contributed by atoms with E-state index in [4.69, 9.17) is 16.0 Å². The lowest BCUT2D eigenvalue weighted by Crippen LogP contribution is -1.92. The van der Waals surface area contributed by atoms with Crippen molar-refractivity contribution in [3.05, 3.63) is 35.5 Å². The van der Waals surface area contributed by atoms with Gasteiger partial charge in [0.05, 0.1) is 0 Å². The number of benzene rings is 1. The highest BCUT2D eigenvalue weighted by atomic mass is 35.5. The van der Waals surface area contributed by atoms with Gasteiger partial charge in [-0.05, 0) is 30.7 Å². The minimum absolute atomic E-state index is 0.164. The molecule has 6 heteroatoms. The number of hydrogen-bond donors (Lipinski definition) is 1. The van der Waals surface area contributed by atoms with Gasteiger partial charge in [0.1, 0.15) is 11.7 Å². The smallest absolute Gasteiger partial charge is 0.320 e. The number of aromatic nitrogens is 2. The second-order valence-corrected chi connectivity index (χ2v) is 3.49. The predicted octanol–water partition coefficient (Wildman–Crippen LogP) is 3.00. The SMILES string of the molecule is Cc1cc(Nc2nnc(CCl)o2)ccc1F. The van der Waals surface area contributed by atoms with Crippen LogP contribution in [0.1, 0.15) is 11.5 Å². The van der Waals surface area contributed by atoms with Gasteiger partial charge >= 0.3 is 6.01 Å². The van der Waals surface area contributed by atoms with Crippen molar-refractivity contribution in [1.82, 2.24) is 10.2 Å². The highest BCUT2D eigenvalue weighted by Crippen LogP contribution is 2.18. The first-order valence-electron chi connectivity index (χ1n) is 4.60. The van der Waals surface area contributed by atoms with Crippen molar-refractivity contribution in [3.8, 4) is 0 Å². The number of rotatable bonds is 3. The molecular weight excluding hydrogens is 233 g/mol. The van der Waals surface area contributed by atoms with Gasteiger partial charge in [-0.15, -0.1) is 16.7 Å². The maximum Gasteiger partial charge on any atom is 0.320 e. The monoisotopic (exact) mass is 241 g/mol. The summed E-state index contributed by atoms with van der Waals surface area (Å²) in [6, 6.07) is 4.85. The molecule has 0 amide bonds. The molecule has 0 fully saturated rings. The van der Waals surface area contributed by atoms with Crippen molar-refractivity contribution in [2.24, 2.45) is 0 Å². The van der Waals surface area contributed by atoms with E-state index in [0.717, 1.165) is 0 Å². The first-order chi connectivity index (χ1) is 7.69. The van der Waals surface area contributed by atoms with Crippen LogP contribution in [0.3, 0.4) is 0 Å². The lowest BCUT2D eigenvalue weighted by atomic mass is 10.2. The summed E-state index contributed by atoms with van der Waals surface area (Å²) in [5.41, 5.74) is 1.23. The fourth-order valence-electron chi connectivity index (χ4n) is 1.20. The Kier molecular flexibility index (Phi) is 3.05. The Hall–Kier alpha value is -1.62. The van der Waals surface area contributed by atoms with Crippen molar-refractivity contribution >= 4 is 23.3 Å². The van der Waals surface area contributed by atoms with E-state index in [1.165, 1.54) is 6.07 Å². The number of nitrogens with zero attached hydrogens (tertiary/aromatic N) is 2. The quantitative estimate of drug-likeness (QED) is 0.840. The zero-order valence-corrected chi connectivity index (χ0v) is 9.25. The predicted molar refractivity (Wildman–Crippen MR) is 58.3 cm³/mol. The topological polar surface area (TPSA) is 51.0 Å². The Morgan fingerprint density at radius 1 is 1.44 bits per heavy atom. The van der Waals surface area contributed by atoms with Gasteiger partial charge in [0.2, 0.25) is 5.89 Å². The third-order valence-corrected chi connectivity index (χ3v) is 2.22. The molecule has 0 spiro atoms. The summed E-state index contributed by atoms with van der Waals surface area (Å²) in [5, 5.41) is 10.3. The van der Waals surface area contributed by atoms with Crippen LogP contribution in [0.2, 0.25) is 0 Å². The van der Waals surface area contributed by atoms with Crippen molar-refractivity contribution in [3.63, 3.8) is 0 Å². The molecule has 2 aromatic rings. The van der Waals surface area contributed by atoms with E-state index in [9.17, 15) is 4.39 Å². The second-order valence-electron chi connectivity index (χ2n) is 3.22. The van der Waals surface area contributed by atoms with E-state index in [0.29, 0.717) is 17.1 Å². The van der Waals surface area contributed by atoms with Gasteiger partial charge in [-0.25, -0.2) is 4.39 Å². The number of nitrogens with one attached hydrogen (secondary N) is 1. The standard InChI is InChI=1S/C10H9ClFN3O/c1-6-4-7(2-3-8(6)12)13-10-15-14-9(5-11)16-10/h2-4H,5H2,1H3,(H,13,15). The Balaban J connectivity index is 2.17. The number of hydrogen-bond acceptors (Lipinski definition) is 4. The Morgan fingerprint density at radius 2 is 2.25 bits per heavy atom. The van der Waals surface area contributed by atoms with Gasteiger partial charge in [0.15, 0.2) is 0 Å². The molecule has 0 saturated heterocycles. The van der Waals surface area contributed by atoms with E-state index in [2.05, 4.69) is 15.5 Å². The number of halogens is 2. The molecule has 0 atom stereocenters. The Bertz CT molecular complexity index is 501. The fourth-order valence-corrected chi connectivity index (χ4v) is 1.31. The molecule has 1 N–H and O–H groups in total. The Morgan fingerprint density at radius 3 is 2.88 bits per heavy atom. The summed E-state index contributed by atoms with van der Waals surface area (Å²) >= 11 is 5.52. The van der Waals surface area contributed by atoms with Gasteiger partial charge in [-0.2, -0.15) is 0 Å². The van der Waals surface area contributed by atoms with Crippen LogP contribution < -0.4 is 5.32 Å². The summed E-state index contributed by atoms with van der Waals surface area (Å²) in [6.07, 6.45) is 0. The number of anilines is 2. The number of aryl methyl sites for hydroxylation is 1. The van der Waals surface area contributed by atoms with E-state index < -0.39 is 0 Å². The molecule has 4 nitrogen and oxygen atoms in total. The first kappa shape index (κ1) is 10.9. The first-order valence-corrected chi connectivity index (χ1v) is 5.14. The average Bonchev–Trinajstić information content (AvgIpc) is 2.71. The lowest BCUT2D eigenvalue weighted by molar-refractivity contribution is 0.530. The molecule has 16 heavy (non-hydrogen) atoms. The van der Waals surface area contributed by atoms with Crippen LogP contribution in [0.15, 0.2) is 22.6 Å². The molecule has 1 aromatic carbocycles. The van der Waals surface area contributed by atoms with Crippen molar-refractivity contribution < 1.29 is 8.81 Å². The van der Waals surface area contributed by atoms with Crippen molar-refractivity contribution in [1.29, 1.82) is 0 Å². The summed E-state index contributed by atoms with van der Waals surface area (Å²) < 4.78 is 18.1. The molecular formula is C10H9ClFN3O. The summed E-state index contributed by atoms with van der Waals surface area (Å²) in [5.74, 6) is 0.248. The molecule has 0 unspecified atom stereocenters. The zero-order valence-electron chi connectivity index (χ0n) is 8.50. The Labute approximate surface area is 96.4 Å². The van der Waals surface area contributed by atoms with E-state index in [-0.39, 0.29) is 17.7 Å². The summed E-state index contributed by atoms with van der Waals surface area (Å²) in [7, 11) is 0. The largest absolute Gasteiger partial charge is 0.407 e. The highest BCUT2D eigenvalue weighted by molar-refractivity contribution is 6.16. The van der Waals surface area contributed by atoms with Crippen LogP contribution in [-0.4, -0.2) is 10.2 Å². The fraction of sp³-hybridized carbons (Fsp3) is 0.200. The van der Waals surface area contributed by atoms with Crippen LogP contribution in [0.5, 0.6) is 0 Å². The third kappa shape index (κ3) is 2.30.